The Balaban J connectivity index is 1.81. The number of hydrogen-bond donors (Lipinski definition) is 0. The fourth-order valence-corrected chi connectivity index (χ4v) is 3.57. The fraction of sp³-hybridized carbons (Fsp3) is 0.769. The molecule has 4 nitrogen and oxygen atoms in total. The first-order valence-corrected chi connectivity index (χ1v) is 8.30. The van der Waals surface area contributed by atoms with Gasteiger partial charge in [-0.25, -0.2) is 13.2 Å². The van der Waals surface area contributed by atoms with Crippen LogP contribution in [0.2, 0.25) is 0 Å². The van der Waals surface area contributed by atoms with Crippen molar-refractivity contribution in [2.24, 2.45) is 11.3 Å². The summed E-state index contributed by atoms with van der Waals surface area (Å²) in [5.74, 6) is 0.179. The molecule has 2 fully saturated rings. The van der Waals surface area contributed by atoms with Crippen molar-refractivity contribution in [3.8, 4) is 0 Å². The van der Waals surface area contributed by atoms with Crippen LogP contribution in [0.1, 0.15) is 32.6 Å². The summed E-state index contributed by atoms with van der Waals surface area (Å²) in [6.45, 7) is 5.39. The molecule has 0 aliphatic heterocycles. The highest BCUT2D eigenvalue weighted by atomic mass is 32.2. The van der Waals surface area contributed by atoms with Crippen molar-refractivity contribution >= 4 is 15.8 Å². The molecule has 0 aromatic heterocycles. The molecule has 2 saturated carbocycles. The molecule has 2 rings (SSSR count). The molecular formula is C13H20O4S. The molecule has 102 valence electrons. The van der Waals surface area contributed by atoms with Crippen LogP contribution < -0.4 is 0 Å². The van der Waals surface area contributed by atoms with E-state index < -0.39 is 15.8 Å². The zero-order valence-electron chi connectivity index (χ0n) is 10.8. The van der Waals surface area contributed by atoms with Gasteiger partial charge in [0.05, 0.1) is 5.75 Å². The summed E-state index contributed by atoms with van der Waals surface area (Å²) in [7, 11) is -3.07. The van der Waals surface area contributed by atoms with Gasteiger partial charge < -0.3 is 4.74 Å². The molecule has 0 aromatic rings. The number of fused-ring (bicyclic) bond motifs is 1. The second-order valence-corrected chi connectivity index (χ2v) is 7.77. The number of carbonyl (C=O) groups is 1. The number of esters is 1. The number of carbonyl (C=O) groups excluding carboxylic acids is 1. The monoisotopic (exact) mass is 272 g/mol. The molecule has 0 radical (unpaired) electrons. The van der Waals surface area contributed by atoms with E-state index in [0.29, 0.717) is 11.5 Å². The lowest BCUT2D eigenvalue weighted by Crippen LogP contribution is -2.20. The van der Waals surface area contributed by atoms with Gasteiger partial charge in [0.25, 0.3) is 0 Å². The zero-order valence-corrected chi connectivity index (χ0v) is 11.6. The molecule has 5 heteroatoms. The summed E-state index contributed by atoms with van der Waals surface area (Å²) in [5.41, 5.74) is 0.555. The van der Waals surface area contributed by atoms with Gasteiger partial charge >= 0.3 is 5.97 Å². The molecule has 18 heavy (non-hydrogen) atoms. The van der Waals surface area contributed by atoms with Gasteiger partial charge in [-0.3, -0.25) is 0 Å². The average molecular weight is 272 g/mol. The third-order valence-electron chi connectivity index (χ3n) is 4.32. The van der Waals surface area contributed by atoms with E-state index in [4.69, 9.17) is 4.74 Å². The van der Waals surface area contributed by atoms with Crippen molar-refractivity contribution in [3.05, 3.63) is 12.2 Å². The topological polar surface area (TPSA) is 60.4 Å². The van der Waals surface area contributed by atoms with E-state index >= 15 is 0 Å². The molecule has 0 amide bonds. The molecule has 2 atom stereocenters. The molecule has 0 bridgehead atoms. The average Bonchev–Trinajstić information content (AvgIpc) is 2.90. The van der Waals surface area contributed by atoms with Gasteiger partial charge in [-0.2, -0.15) is 0 Å². The van der Waals surface area contributed by atoms with Gasteiger partial charge in [-0.1, -0.05) is 19.9 Å². The van der Waals surface area contributed by atoms with Crippen molar-refractivity contribution in [2.75, 3.05) is 18.1 Å². The van der Waals surface area contributed by atoms with E-state index in [-0.39, 0.29) is 23.5 Å². The molecule has 0 saturated heterocycles. The van der Waals surface area contributed by atoms with Gasteiger partial charge in [0.2, 0.25) is 0 Å². The van der Waals surface area contributed by atoms with E-state index in [1.165, 1.54) is 6.42 Å². The Morgan fingerprint density at radius 1 is 1.50 bits per heavy atom. The molecule has 2 unspecified atom stereocenters. The maximum Gasteiger partial charge on any atom is 0.334 e. The van der Waals surface area contributed by atoms with Gasteiger partial charge in [-0.05, 0) is 25.2 Å². The standard InChI is InChI=1S/C13H20O4S/c1-3-18(15,16)8-7-17-12(14)10(2)13-6-4-5-11(13)9-13/h11H,2-9H2,1H3. The van der Waals surface area contributed by atoms with Crippen molar-refractivity contribution in [1.29, 1.82) is 0 Å². The number of sulfone groups is 1. The van der Waals surface area contributed by atoms with Crippen molar-refractivity contribution < 1.29 is 17.9 Å². The Hall–Kier alpha value is -0.840. The zero-order chi connectivity index (χ0) is 13.4. The number of rotatable bonds is 6. The maximum absolute atomic E-state index is 11.8. The Morgan fingerprint density at radius 3 is 2.72 bits per heavy atom. The van der Waals surface area contributed by atoms with Crippen molar-refractivity contribution in [3.63, 3.8) is 0 Å². The summed E-state index contributed by atoms with van der Waals surface area (Å²) in [5, 5.41) is 0. The van der Waals surface area contributed by atoms with Crippen LogP contribution in [0.5, 0.6) is 0 Å². The molecular weight excluding hydrogens is 252 g/mol. The number of hydrogen-bond acceptors (Lipinski definition) is 4. The second kappa shape index (κ2) is 4.68. The highest BCUT2D eigenvalue weighted by Gasteiger charge is 2.60. The molecule has 2 aliphatic carbocycles. The minimum atomic E-state index is -3.07. The van der Waals surface area contributed by atoms with Crippen LogP contribution in [-0.4, -0.2) is 32.5 Å². The molecule has 0 heterocycles. The number of ether oxygens (including phenoxy) is 1. The minimum absolute atomic E-state index is 0.000709. The lowest BCUT2D eigenvalue weighted by atomic mass is 9.94. The van der Waals surface area contributed by atoms with Crippen LogP contribution in [0.3, 0.4) is 0 Å². The first-order chi connectivity index (χ1) is 8.41. The van der Waals surface area contributed by atoms with E-state index in [0.717, 1.165) is 19.3 Å². The van der Waals surface area contributed by atoms with E-state index in [9.17, 15) is 13.2 Å². The van der Waals surface area contributed by atoms with E-state index in [1.807, 2.05) is 0 Å². The molecule has 0 N–H and O–H groups in total. The second-order valence-electron chi connectivity index (χ2n) is 5.30. The summed E-state index contributed by atoms with van der Waals surface area (Å²) in [6.07, 6.45) is 4.41. The SMILES string of the molecule is C=C(C(=O)OCCS(=O)(=O)CC)C12CCCC1C2. The smallest absolute Gasteiger partial charge is 0.334 e. The third kappa shape index (κ3) is 2.46. The molecule has 2 aliphatic rings. The van der Waals surface area contributed by atoms with Crippen molar-refractivity contribution in [1.82, 2.24) is 0 Å². The summed E-state index contributed by atoms with van der Waals surface area (Å²) in [6, 6.07) is 0. The lowest BCUT2D eigenvalue weighted by Gasteiger charge is -2.14. The first-order valence-electron chi connectivity index (χ1n) is 6.48. The lowest BCUT2D eigenvalue weighted by molar-refractivity contribution is -0.139. The van der Waals surface area contributed by atoms with Gasteiger partial charge in [0.15, 0.2) is 9.84 Å². The van der Waals surface area contributed by atoms with Crippen molar-refractivity contribution in [2.45, 2.75) is 32.6 Å². The van der Waals surface area contributed by atoms with E-state index in [1.54, 1.807) is 6.92 Å². The summed E-state index contributed by atoms with van der Waals surface area (Å²) < 4.78 is 27.6. The highest BCUT2D eigenvalue weighted by Crippen LogP contribution is 2.67. The predicted octanol–water partition coefficient (Wildman–Crippen LogP) is 1.71. The Bertz CT molecular complexity index is 465. The quantitative estimate of drug-likeness (QED) is 0.545. The van der Waals surface area contributed by atoms with Gasteiger partial charge in [0.1, 0.15) is 6.61 Å². The third-order valence-corrected chi connectivity index (χ3v) is 5.99. The normalized spacial score (nSPS) is 29.7. The Morgan fingerprint density at radius 2 is 2.22 bits per heavy atom. The Kier molecular flexibility index (Phi) is 3.54. The Labute approximate surface area is 108 Å². The van der Waals surface area contributed by atoms with Gasteiger partial charge in [-0.15, -0.1) is 0 Å². The van der Waals surface area contributed by atoms with Crippen LogP contribution in [0.4, 0.5) is 0 Å². The maximum atomic E-state index is 11.8. The summed E-state index contributed by atoms with van der Waals surface area (Å²) in [4.78, 5) is 11.8. The highest BCUT2D eigenvalue weighted by molar-refractivity contribution is 7.91. The van der Waals surface area contributed by atoms with Crippen LogP contribution in [0.25, 0.3) is 0 Å². The predicted molar refractivity (Wildman–Crippen MR) is 68.8 cm³/mol. The van der Waals surface area contributed by atoms with Crippen LogP contribution in [0.15, 0.2) is 12.2 Å². The first kappa shape index (κ1) is 13.6. The largest absolute Gasteiger partial charge is 0.461 e. The van der Waals surface area contributed by atoms with Crippen LogP contribution in [0, 0.1) is 11.3 Å². The minimum Gasteiger partial charge on any atom is -0.461 e. The van der Waals surface area contributed by atoms with Crippen LogP contribution >= 0.6 is 0 Å². The fourth-order valence-electron chi connectivity index (χ4n) is 2.95. The molecule has 0 aromatic carbocycles. The summed E-state index contributed by atoms with van der Waals surface area (Å²) >= 11 is 0. The van der Waals surface area contributed by atoms with Gasteiger partial charge in [0, 0.05) is 16.7 Å². The van der Waals surface area contributed by atoms with Crippen LogP contribution in [-0.2, 0) is 19.4 Å². The van der Waals surface area contributed by atoms with E-state index in [2.05, 4.69) is 6.58 Å². The molecule has 0 spiro atoms.